The number of hydrogen-bond donors (Lipinski definition) is 0. The van der Waals surface area contributed by atoms with Gasteiger partial charge in [0.15, 0.2) is 6.10 Å². The molecule has 0 N–H and O–H groups in total. The minimum atomic E-state index is -0.924. The molecule has 1 amide bonds. The highest BCUT2D eigenvalue weighted by molar-refractivity contribution is 6.00. The Labute approximate surface area is 184 Å². The van der Waals surface area contributed by atoms with Gasteiger partial charge in [0.1, 0.15) is 11.5 Å². The zero-order chi connectivity index (χ0) is 22.6. The van der Waals surface area contributed by atoms with E-state index in [1.54, 1.807) is 36.3 Å². The van der Waals surface area contributed by atoms with Gasteiger partial charge in [0, 0.05) is 5.56 Å². The molecule has 1 atom stereocenters. The summed E-state index contributed by atoms with van der Waals surface area (Å²) >= 11 is 0. The lowest BCUT2D eigenvalue weighted by Crippen LogP contribution is -2.54. The van der Waals surface area contributed by atoms with Crippen LogP contribution in [0.2, 0.25) is 0 Å². The average Bonchev–Trinajstić information content (AvgIpc) is 2.98. The Kier molecular flexibility index (Phi) is 6.70. The van der Waals surface area contributed by atoms with Crippen molar-refractivity contribution < 1.29 is 23.8 Å². The van der Waals surface area contributed by atoms with Crippen LogP contribution in [0.1, 0.15) is 50.0 Å². The molecule has 2 aromatic carbocycles. The van der Waals surface area contributed by atoms with Crippen molar-refractivity contribution in [3.05, 3.63) is 65.7 Å². The molecular weight excluding hydrogens is 394 g/mol. The molecule has 1 aliphatic rings. The lowest BCUT2D eigenvalue weighted by molar-refractivity contribution is -0.0568. The number of hydrogen-bond acceptors (Lipinski definition) is 5. The van der Waals surface area contributed by atoms with E-state index in [-0.39, 0.29) is 5.78 Å². The molecule has 0 aliphatic carbocycles. The highest BCUT2D eigenvalue weighted by Gasteiger charge is 2.50. The lowest BCUT2D eigenvalue weighted by Gasteiger charge is -2.37. The lowest BCUT2D eigenvalue weighted by atomic mass is 9.99. The number of methoxy groups -OCH3 is 1. The summed E-state index contributed by atoms with van der Waals surface area (Å²) < 4.78 is 17.1. The molecule has 0 radical (unpaired) electrons. The van der Waals surface area contributed by atoms with Crippen molar-refractivity contribution in [2.75, 3.05) is 13.7 Å². The monoisotopic (exact) mass is 425 g/mol. The summed E-state index contributed by atoms with van der Waals surface area (Å²) in [6.45, 7) is 7.89. The van der Waals surface area contributed by atoms with Crippen molar-refractivity contribution in [2.45, 2.75) is 57.9 Å². The zero-order valence-corrected chi connectivity index (χ0v) is 18.9. The molecule has 0 spiro atoms. The van der Waals surface area contributed by atoms with E-state index in [1.165, 1.54) is 0 Å². The normalized spacial score (nSPS) is 17.8. The number of ether oxygens (including phenoxy) is 3. The van der Waals surface area contributed by atoms with Crippen LogP contribution >= 0.6 is 0 Å². The Morgan fingerprint density at radius 1 is 1.03 bits per heavy atom. The fraction of sp³-hybridized carbons (Fsp3) is 0.440. The van der Waals surface area contributed by atoms with E-state index in [2.05, 4.69) is 0 Å². The maximum Gasteiger partial charge on any atom is 0.413 e. The van der Waals surface area contributed by atoms with Gasteiger partial charge in [-0.2, -0.15) is 0 Å². The van der Waals surface area contributed by atoms with E-state index < -0.39 is 23.5 Å². The number of aryl methyl sites for hydroxylation is 1. The number of carbonyl (C=O) groups excluding carboxylic acids is 2. The second-order valence-corrected chi connectivity index (χ2v) is 8.84. The number of amides is 1. The first-order valence-corrected chi connectivity index (χ1v) is 10.5. The predicted molar refractivity (Wildman–Crippen MR) is 118 cm³/mol. The van der Waals surface area contributed by atoms with Crippen LogP contribution in [0.4, 0.5) is 4.79 Å². The SMILES string of the molecule is COc1ccccc1CC[C@@H](OC(=O)N1C(C)(C)COC1(C)C)C(=O)c1ccccc1. The number of para-hydroxylation sites is 1. The van der Waals surface area contributed by atoms with E-state index in [1.807, 2.05) is 58.0 Å². The largest absolute Gasteiger partial charge is 0.496 e. The first-order chi connectivity index (χ1) is 14.7. The number of Topliss-reactive ketones (excluding diaryl/α,β-unsaturated/α-hetero) is 1. The average molecular weight is 426 g/mol. The summed E-state index contributed by atoms with van der Waals surface area (Å²) in [5, 5.41) is 0. The molecule has 0 bridgehead atoms. The third-order valence-electron chi connectivity index (χ3n) is 5.57. The van der Waals surface area contributed by atoms with E-state index in [9.17, 15) is 9.59 Å². The van der Waals surface area contributed by atoms with Gasteiger partial charge in [0.05, 0.1) is 19.3 Å². The van der Waals surface area contributed by atoms with Crippen molar-refractivity contribution in [2.24, 2.45) is 0 Å². The highest BCUT2D eigenvalue weighted by atomic mass is 16.6. The van der Waals surface area contributed by atoms with E-state index in [0.29, 0.717) is 25.0 Å². The van der Waals surface area contributed by atoms with Gasteiger partial charge < -0.3 is 14.2 Å². The van der Waals surface area contributed by atoms with Crippen LogP contribution in [0.3, 0.4) is 0 Å². The quantitative estimate of drug-likeness (QED) is 0.593. The molecule has 3 rings (SSSR count). The van der Waals surface area contributed by atoms with Crippen LogP contribution in [-0.4, -0.2) is 47.9 Å². The van der Waals surface area contributed by atoms with Gasteiger partial charge in [-0.3, -0.25) is 9.69 Å². The van der Waals surface area contributed by atoms with Crippen molar-refractivity contribution in [3.63, 3.8) is 0 Å². The maximum atomic E-state index is 13.2. The predicted octanol–water partition coefficient (Wildman–Crippen LogP) is 4.86. The molecular formula is C25H31NO5. The Bertz CT molecular complexity index is 907. The molecule has 0 aromatic heterocycles. The number of benzene rings is 2. The van der Waals surface area contributed by atoms with Crippen LogP contribution in [-0.2, 0) is 15.9 Å². The molecule has 1 aliphatic heterocycles. The molecule has 0 saturated carbocycles. The molecule has 31 heavy (non-hydrogen) atoms. The first kappa shape index (κ1) is 22.8. The van der Waals surface area contributed by atoms with E-state index in [0.717, 1.165) is 11.3 Å². The summed E-state index contributed by atoms with van der Waals surface area (Å²) in [5.74, 6) is 0.523. The summed E-state index contributed by atoms with van der Waals surface area (Å²) in [4.78, 5) is 28.0. The fourth-order valence-electron chi connectivity index (χ4n) is 4.08. The van der Waals surface area contributed by atoms with Crippen LogP contribution in [0.25, 0.3) is 0 Å². The third kappa shape index (κ3) is 5.07. The molecule has 6 heteroatoms. The number of ketones is 1. The summed E-state index contributed by atoms with van der Waals surface area (Å²) in [6, 6.07) is 16.6. The van der Waals surface area contributed by atoms with Gasteiger partial charge >= 0.3 is 6.09 Å². The number of carbonyl (C=O) groups is 2. The van der Waals surface area contributed by atoms with Gasteiger partial charge in [0.25, 0.3) is 0 Å². The fourth-order valence-corrected chi connectivity index (χ4v) is 4.08. The van der Waals surface area contributed by atoms with Crippen molar-refractivity contribution >= 4 is 11.9 Å². The smallest absolute Gasteiger partial charge is 0.413 e. The summed E-state index contributed by atoms with van der Waals surface area (Å²) in [6.07, 6.45) is -0.604. The second-order valence-electron chi connectivity index (χ2n) is 8.84. The molecule has 1 saturated heterocycles. The van der Waals surface area contributed by atoms with Gasteiger partial charge in [-0.15, -0.1) is 0 Å². The maximum absolute atomic E-state index is 13.2. The van der Waals surface area contributed by atoms with Gasteiger partial charge in [-0.05, 0) is 52.2 Å². The minimum Gasteiger partial charge on any atom is -0.496 e. The van der Waals surface area contributed by atoms with Crippen LogP contribution in [0.5, 0.6) is 5.75 Å². The van der Waals surface area contributed by atoms with Crippen molar-refractivity contribution in [3.8, 4) is 5.75 Å². The van der Waals surface area contributed by atoms with Crippen LogP contribution in [0, 0.1) is 0 Å². The van der Waals surface area contributed by atoms with Crippen LogP contribution in [0.15, 0.2) is 54.6 Å². The molecule has 2 aromatic rings. The molecule has 1 heterocycles. The van der Waals surface area contributed by atoms with Crippen LogP contribution < -0.4 is 4.74 Å². The Morgan fingerprint density at radius 2 is 1.68 bits per heavy atom. The summed E-state index contributed by atoms with van der Waals surface area (Å²) in [5.41, 5.74) is 0.112. The Balaban J connectivity index is 1.83. The van der Waals surface area contributed by atoms with Gasteiger partial charge in [-0.25, -0.2) is 4.79 Å². The van der Waals surface area contributed by atoms with Crippen molar-refractivity contribution in [1.29, 1.82) is 0 Å². The second kappa shape index (κ2) is 9.10. The van der Waals surface area contributed by atoms with E-state index >= 15 is 0 Å². The van der Waals surface area contributed by atoms with Gasteiger partial charge in [-0.1, -0.05) is 48.5 Å². The summed E-state index contributed by atoms with van der Waals surface area (Å²) in [7, 11) is 1.61. The molecule has 0 unspecified atom stereocenters. The number of rotatable bonds is 7. The molecule has 166 valence electrons. The zero-order valence-electron chi connectivity index (χ0n) is 18.9. The minimum absolute atomic E-state index is 0.223. The van der Waals surface area contributed by atoms with E-state index in [4.69, 9.17) is 14.2 Å². The van der Waals surface area contributed by atoms with Crippen molar-refractivity contribution in [1.82, 2.24) is 4.90 Å². The van der Waals surface area contributed by atoms with Gasteiger partial charge in [0.2, 0.25) is 5.78 Å². The topological polar surface area (TPSA) is 65.1 Å². The Morgan fingerprint density at radius 3 is 2.29 bits per heavy atom. The highest BCUT2D eigenvalue weighted by Crippen LogP contribution is 2.35. The Hall–Kier alpha value is -2.86. The first-order valence-electron chi connectivity index (χ1n) is 10.5. The third-order valence-corrected chi connectivity index (χ3v) is 5.57. The number of nitrogens with zero attached hydrogens (tertiary/aromatic N) is 1. The standard InChI is InChI=1S/C25H31NO5/c1-24(2)17-30-25(3,4)26(24)23(28)31-21(22(27)19-12-7-6-8-13-19)16-15-18-11-9-10-14-20(18)29-5/h6-14,21H,15-17H2,1-5H3/t21-/m1/s1. The molecule has 6 nitrogen and oxygen atoms in total. The molecule has 1 fully saturated rings.